The molecule has 0 amide bonds. The Bertz CT molecular complexity index is 892. The molecule has 3 aromatic carbocycles. The van der Waals surface area contributed by atoms with Gasteiger partial charge >= 0.3 is 0 Å². The van der Waals surface area contributed by atoms with Crippen LogP contribution in [0.2, 0.25) is 0 Å². The summed E-state index contributed by atoms with van der Waals surface area (Å²) in [6, 6.07) is 30.4. The first-order valence-electron chi connectivity index (χ1n) is 11.1. The number of hydrogen-bond donors (Lipinski definition) is 0. The van der Waals surface area contributed by atoms with E-state index in [0.717, 1.165) is 16.7 Å². The molecule has 0 radical (unpaired) electrons. The lowest BCUT2D eigenvalue weighted by Gasteiger charge is -2.40. The van der Waals surface area contributed by atoms with Crippen LogP contribution in [0.25, 0.3) is 0 Å². The highest BCUT2D eigenvalue weighted by atomic mass is 16.8. The smallest absolute Gasteiger partial charge is 0.187 e. The minimum Gasteiger partial charge on any atom is -0.368 e. The van der Waals surface area contributed by atoms with Crippen LogP contribution >= 0.6 is 0 Å². The van der Waals surface area contributed by atoms with Crippen LogP contribution in [-0.4, -0.2) is 37.3 Å². The lowest BCUT2D eigenvalue weighted by atomic mass is 10.00. The Kier molecular flexibility index (Phi) is 6.92. The third-order valence-corrected chi connectivity index (χ3v) is 5.87. The lowest BCUT2D eigenvalue weighted by molar-refractivity contribution is -0.268. The van der Waals surface area contributed by atoms with Crippen LogP contribution in [0.4, 0.5) is 0 Å². The molecule has 5 nitrogen and oxygen atoms in total. The average molecular weight is 433 g/mol. The monoisotopic (exact) mass is 432 g/mol. The molecule has 0 aliphatic carbocycles. The van der Waals surface area contributed by atoms with Gasteiger partial charge < -0.3 is 23.7 Å². The van der Waals surface area contributed by atoms with E-state index in [2.05, 4.69) is 24.3 Å². The molecule has 2 heterocycles. The molecule has 2 saturated heterocycles. The van der Waals surface area contributed by atoms with Gasteiger partial charge in [0.05, 0.1) is 26.4 Å². The van der Waals surface area contributed by atoms with Gasteiger partial charge in [-0.15, -0.1) is 0 Å². The van der Waals surface area contributed by atoms with Crippen LogP contribution in [0.3, 0.4) is 0 Å². The second-order valence-corrected chi connectivity index (χ2v) is 8.16. The largest absolute Gasteiger partial charge is 0.368 e. The molecular weight excluding hydrogens is 404 g/mol. The fraction of sp³-hybridized carbons (Fsp3) is 0.333. The molecule has 1 unspecified atom stereocenters. The molecular formula is C27H28O5. The van der Waals surface area contributed by atoms with Crippen molar-refractivity contribution in [3.63, 3.8) is 0 Å². The maximum Gasteiger partial charge on any atom is 0.187 e. The molecule has 0 aromatic heterocycles. The Morgan fingerprint density at radius 2 is 1.00 bits per heavy atom. The molecule has 3 aromatic rings. The number of fused-ring (bicyclic) bond motifs is 2. The van der Waals surface area contributed by atoms with E-state index in [9.17, 15) is 0 Å². The first-order chi connectivity index (χ1) is 15.9. The van der Waals surface area contributed by atoms with E-state index in [1.807, 2.05) is 66.7 Å². The number of hydrogen-bond acceptors (Lipinski definition) is 5. The van der Waals surface area contributed by atoms with Gasteiger partial charge in [-0.05, 0) is 16.7 Å². The van der Waals surface area contributed by atoms with Gasteiger partial charge in [0.15, 0.2) is 6.29 Å². The summed E-state index contributed by atoms with van der Waals surface area (Å²) in [5.41, 5.74) is 3.31. The highest BCUT2D eigenvalue weighted by molar-refractivity contribution is 5.15. The normalized spacial score (nSPS) is 26.8. The van der Waals surface area contributed by atoms with Crippen LogP contribution in [-0.2, 0) is 43.5 Å². The molecule has 2 fully saturated rings. The molecule has 166 valence electrons. The quantitative estimate of drug-likeness (QED) is 0.498. The van der Waals surface area contributed by atoms with Crippen LogP contribution < -0.4 is 0 Å². The Morgan fingerprint density at radius 3 is 1.50 bits per heavy atom. The Balaban J connectivity index is 1.33. The number of ether oxygens (including phenoxy) is 5. The van der Waals surface area contributed by atoms with Crippen LogP contribution in [0.5, 0.6) is 0 Å². The van der Waals surface area contributed by atoms with E-state index in [1.165, 1.54) is 0 Å². The summed E-state index contributed by atoms with van der Waals surface area (Å²) in [6.45, 7) is 1.88. The molecule has 5 heteroatoms. The van der Waals surface area contributed by atoms with Crippen molar-refractivity contribution in [3.05, 3.63) is 108 Å². The second kappa shape index (κ2) is 10.4. The molecule has 2 bridgehead atoms. The molecule has 2 aliphatic heterocycles. The summed E-state index contributed by atoms with van der Waals surface area (Å²) in [7, 11) is 0. The Labute approximate surface area is 188 Å². The van der Waals surface area contributed by atoms with Crippen molar-refractivity contribution in [1.82, 2.24) is 0 Å². The Hall–Kier alpha value is -2.54. The zero-order chi connectivity index (χ0) is 21.6. The fourth-order valence-electron chi connectivity index (χ4n) is 4.20. The topological polar surface area (TPSA) is 46.2 Å². The molecule has 0 N–H and O–H groups in total. The van der Waals surface area contributed by atoms with Gasteiger partial charge in [0, 0.05) is 0 Å². The zero-order valence-corrected chi connectivity index (χ0v) is 17.9. The minimum absolute atomic E-state index is 0.180. The molecule has 0 spiro atoms. The highest BCUT2D eigenvalue weighted by Gasteiger charge is 2.52. The van der Waals surface area contributed by atoms with E-state index in [1.54, 1.807) is 0 Å². The maximum atomic E-state index is 6.44. The summed E-state index contributed by atoms with van der Waals surface area (Å²) in [6.07, 6.45) is -1.63. The Morgan fingerprint density at radius 1 is 0.562 bits per heavy atom. The van der Waals surface area contributed by atoms with E-state index < -0.39 is 12.4 Å². The SMILES string of the molecule is c1ccc(COC2[C@H]3OC[C@H](O3)[C@@H](OCc3ccccc3)[C@@H]2OCc2ccccc2)cc1. The van der Waals surface area contributed by atoms with Gasteiger partial charge in [-0.25, -0.2) is 0 Å². The zero-order valence-electron chi connectivity index (χ0n) is 17.9. The van der Waals surface area contributed by atoms with Crippen molar-refractivity contribution in [3.8, 4) is 0 Å². The second-order valence-electron chi connectivity index (χ2n) is 8.16. The van der Waals surface area contributed by atoms with Crippen molar-refractivity contribution < 1.29 is 23.7 Å². The van der Waals surface area contributed by atoms with Gasteiger partial charge in [0.2, 0.25) is 0 Å². The van der Waals surface area contributed by atoms with E-state index >= 15 is 0 Å². The van der Waals surface area contributed by atoms with Crippen molar-refractivity contribution >= 4 is 0 Å². The summed E-state index contributed by atoms with van der Waals surface area (Å²) >= 11 is 0. The fourth-order valence-corrected chi connectivity index (χ4v) is 4.20. The van der Waals surface area contributed by atoms with Crippen molar-refractivity contribution in [2.24, 2.45) is 0 Å². The van der Waals surface area contributed by atoms with Crippen molar-refractivity contribution in [1.29, 1.82) is 0 Å². The van der Waals surface area contributed by atoms with Gasteiger partial charge in [-0.2, -0.15) is 0 Å². The van der Waals surface area contributed by atoms with E-state index in [4.69, 9.17) is 23.7 Å². The molecule has 5 atom stereocenters. The predicted octanol–water partition coefficient (Wildman–Crippen LogP) is 4.50. The lowest BCUT2D eigenvalue weighted by Crippen LogP contribution is -2.56. The number of benzene rings is 3. The summed E-state index contributed by atoms with van der Waals surface area (Å²) in [5, 5.41) is 0. The standard InChI is InChI=1S/C27H28O5/c1-4-10-20(11-5-1)16-28-24-23-19-31-27(32-23)26(30-18-22-14-8-3-9-15-22)25(24)29-17-21-12-6-2-7-13-21/h1-15,23-27H,16-19H2/t23-,24+,25-,26?,27-/m0/s1. The molecule has 32 heavy (non-hydrogen) atoms. The van der Waals surface area contributed by atoms with Crippen molar-refractivity contribution in [2.45, 2.75) is 50.5 Å². The average Bonchev–Trinajstić information content (AvgIpc) is 3.29. The van der Waals surface area contributed by atoms with Gasteiger partial charge in [-0.1, -0.05) is 91.0 Å². The van der Waals surface area contributed by atoms with Crippen molar-refractivity contribution in [2.75, 3.05) is 6.61 Å². The van der Waals surface area contributed by atoms with Crippen LogP contribution in [0.15, 0.2) is 91.0 Å². The summed E-state index contributed by atoms with van der Waals surface area (Å²) in [4.78, 5) is 0. The highest BCUT2D eigenvalue weighted by Crippen LogP contribution is 2.35. The van der Waals surface area contributed by atoms with E-state index in [-0.39, 0.29) is 18.3 Å². The van der Waals surface area contributed by atoms with Crippen LogP contribution in [0, 0.1) is 0 Å². The molecule has 0 saturated carbocycles. The van der Waals surface area contributed by atoms with Crippen LogP contribution in [0.1, 0.15) is 16.7 Å². The summed E-state index contributed by atoms with van der Waals surface area (Å²) < 4.78 is 31.2. The molecule has 2 aliphatic rings. The third-order valence-electron chi connectivity index (χ3n) is 5.87. The maximum absolute atomic E-state index is 6.44. The minimum atomic E-state index is -0.457. The third kappa shape index (κ3) is 5.09. The predicted molar refractivity (Wildman–Crippen MR) is 120 cm³/mol. The van der Waals surface area contributed by atoms with Gasteiger partial charge in [0.25, 0.3) is 0 Å². The first-order valence-corrected chi connectivity index (χ1v) is 11.1. The van der Waals surface area contributed by atoms with Gasteiger partial charge in [0.1, 0.15) is 24.4 Å². The van der Waals surface area contributed by atoms with E-state index in [0.29, 0.717) is 26.4 Å². The summed E-state index contributed by atoms with van der Waals surface area (Å²) in [5.74, 6) is 0. The number of rotatable bonds is 9. The van der Waals surface area contributed by atoms with Gasteiger partial charge in [-0.3, -0.25) is 0 Å². The first kappa shape index (κ1) is 21.3. The molecule has 5 rings (SSSR count).